The van der Waals surface area contributed by atoms with Crippen LogP contribution in [-0.2, 0) is 16.6 Å². The van der Waals surface area contributed by atoms with E-state index in [1.54, 1.807) is 42.5 Å². The lowest BCUT2D eigenvalue weighted by Crippen LogP contribution is -2.31. The third-order valence-corrected chi connectivity index (χ3v) is 6.35. The van der Waals surface area contributed by atoms with Crippen molar-refractivity contribution in [3.8, 4) is 11.5 Å². The molecule has 3 rings (SSSR count). The van der Waals surface area contributed by atoms with E-state index in [0.717, 1.165) is 5.56 Å². The van der Waals surface area contributed by atoms with E-state index >= 15 is 0 Å². The summed E-state index contributed by atoms with van der Waals surface area (Å²) < 4.78 is 39.3. The number of ether oxygens (including phenoxy) is 2. The van der Waals surface area contributed by atoms with Gasteiger partial charge in [-0.1, -0.05) is 35.9 Å². The lowest BCUT2D eigenvalue weighted by atomic mass is 10.2. The Bertz CT molecular complexity index is 1050. The van der Waals surface area contributed by atoms with Crippen LogP contribution in [-0.4, -0.2) is 22.1 Å². The summed E-state index contributed by atoms with van der Waals surface area (Å²) in [7, 11) is -2.33. The monoisotopic (exact) mass is 431 g/mol. The zero-order valence-corrected chi connectivity index (χ0v) is 17.8. The number of benzene rings is 3. The molecule has 0 heterocycles. The number of sulfonamides is 1. The first kappa shape index (κ1) is 21.0. The third-order valence-electron chi connectivity index (χ3n) is 4.32. The Hall–Kier alpha value is -2.70. The Morgan fingerprint density at radius 1 is 0.931 bits per heavy atom. The van der Waals surface area contributed by atoms with Gasteiger partial charge >= 0.3 is 0 Å². The highest BCUT2D eigenvalue weighted by Crippen LogP contribution is 2.34. The Kier molecular flexibility index (Phi) is 6.67. The zero-order valence-electron chi connectivity index (χ0n) is 16.2. The summed E-state index contributed by atoms with van der Waals surface area (Å²) in [5, 5.41) is 0.591. The van der Waals surface area contributed by atoms with E-state index in [1.165, 1.54) is 23.5 Å². The van der Waals surface area contributed by atoms with Crippen LogP contribution in [0.15, 0.2) is 77.7 Å². The molecule has 0 aromatic heterocycles. The van der Waals surface area contributed by atoms with Gasteiger partial charge < -0.3 is 9.47 Å². The molecule has 3 aromatic carbocycles. The summed E-state index contributed by atoms with van der Waals surface area (Å²) in [6, 6.07) is 20.5. The average molecular weight is 432 g/mol. The van der Waals surface area contributed by atoms with Gasteiger partial charge in [-0.15, -0.1) is 0 Å². The average Bonchev–Trinajstić information content (AvgIpc) is 2.74. The fourth-order valence-corrected chi connectivity index (χ4v) is 4.46. The van der Waals surface area contributed by atoms with Gasteiger partial charge in [0, 0.05) is 5.02 Å². The van der Waals surface area contributed by atoms with Crippen LogP contribution in [0.25, 0.3) is 0 Å². The number of anilines is 1. The summed E-state index contributed by atoms with van der Waals surface area (Å²) in [4.78, 5) is 0.165. The van der Waals surface area contributed by atoms with Crippen molar-refractivity contribution >= 4 is 27.3 Å². The fourth-order valence-electron chi connectivity index (χ4n) is 2.87. The molecular weight excluding hydrogens is 410 g/mol. The van der Waals surface area contributed by atoms with Gasteiger partial charge in [-0.05, 0) is 61.0 Å². The predicted molar refractivity (Wildman–Crippen MR) is 115 cm³/mol. The molecule has 5 nitrogen and oxygen atoms in total. The second kappa shape index (κ2) is 9.20. The van der Waals surface area contributed by atoms with Crippen LogP contribution >= 0.6 is 11.6 Å². The van der Waals surface area contributed by atoms with Crippen molar-refractivity contribution in [2.24, 2.45) is 0 Å². The summed E-state index contributed by atoms with van der Waals surface area (Å²) in [6.45, 7) is 2.42. The standard InChI is InChI=1S/C22H22ClNO4S/c1-3-28-22-7-5-4-6-21(22)24(16-17-8-10-18(23)11-9-17)29(25,26)20-14-12-19(27-2)13-15-20/h4-15H,3,16H2,1-2H3. The Labute approximate surface area is 176 Å². The van der Waals surface area contributed by atoms with Crippen LogP contribution in [0.5, 0.6) is 11.5 Å². The molecule has 0 aliphatic heterocycles. The summed E-state index contributed by atoms with van der Waals surface area (Å²) in [5.41, 5.74) is 1.28. The van der Waals surface area contributed by atoms with Crippen molar-refractivity contribution < 1.29 is 17.9 Å². The molecular formula is C22H22ClNO4S. The first-order valence-corrected chi connectivity index (χ1v) is 10.9. The fraction of sp³-hybridized carbons (Fsp3) is 0.182. The molecule has 0 unspecified atom stereocenters. The molecule has 29 heavy (non-hydrogen) atoms. The van der Waals surface area contributed by atoms with Crippen LogP contribution < -0.4 is 13.8 Å². The van der Waals surface area contributed by atoms with Gasteiger partial charge in [-0.3, -0.25) is 4.31 Å². The van der Waals surface area contributed by atoms with Crippen molar-refractivity contribution in [1.82, 2.24) is 0 Å². The van der Waals surface area contributed by atoms with Gasteiger partial charge in [0.05, 0.1) is 30.8 Å². The van der Waals surface area contributed by atoms with Crippen LogP contribution in [0.3, 0.4) is 0 Å². The third kappa shape index (κ3) is 4.83. The molecule has 0 amide bonds. The molecule has 0 fully saturated rings. The SMILES string of the molecule is CCOc1ccccc1N(Cc1ccc(Cl)cc1)S(=O)(=O)c1ccc(OC)cc1. The van der Waals surface area contributed by atoms with E-state index in [9.17, 15) is 8.42 Å². The number of para-hydroxylation sites is 2. The molecule has 0 atom stereocenters. The number of nitrogens with zero attached hydrogens (tertiary/aromatic N) is 1. The van der Waals surface area contributed by atoms with E-state index in [1.807, 2.05) is 25.1 Å². The molecule has 0 bridgehead atoms. The lowest BCUT2D eigenvalue weighted by molar-refractivity contribution is 0.341. The van der Waals surface area contributed by atoms with Crippen molar-refractivity contribution in [3.05, 3.63) is 83.4 Å². The molecule has 0 saturated carbocycles. The summed E-state index contributed by atoms with van der Waals surface area (Å²) in [5.74, 6) is 1.09. The minimum Gasteiger partial charge on any atom is -0.497 e. The Balaban J connectivity index is 2.09. The summed E-state index contributed by atoms with van der Waals surface area (Å²) >= 11 is 5.98. The molecule has 3 aromatic rings. The van der Waals surface area contributed by atoms with E-state index in [2.05, 4.69) is 0 Å². The second-order valence-corrected chi connectivity index (χ2v) is 8.51. The van der Waals surface area contributed by atoms with E-state index in [-0.39, 0.29) is 11.4 Å². The van der Waals surface area contributed by atoms with Crippen molar-refractivity contribution in [2.45, 2.75) is 18.4 Å². The number of methoxy groups -OCH3 is 1. The van der Waals surface area contributed by atoms with Gasteiger partial charge in [0.15, 0.2) is 0 Å². The van der Waals surface area contributed by atoms with Crippen LogP contribution in [0, 0.1) is 0 Å². The second-order valence-electron chi connectivity index (χ2n) is 6.21. The molecule has 0 aliphatic rings. The van der Waals surface area contributed by atoms with Crippen molar-refractivity contribution in [1.29, 1.82) is 0 Å². The maximum Gasteiger partial charge on any atom is 0.264 e. The quantitative estimate of drug-likeness (QED) is 0.495. The molecule has 0 saturated heterocycles. The predicted octanol–water partition coefficient (Wildman–Crippen LogP) is 5.14. The van der Waals surface area contributed by atoms with Gasteiger partial charge in [0.1, 0.15) is 11.5 Å². The first-order chi connectivity index (χ1) is 14.0. The summed E-state index contributed by atoms with van der Waals surface area (Å²) in [6.07, 6.45) is 0. The number of hydrogen-bond acceptors (Lipinski definition) is 4. The Morgan fingerprint density at radius 3 is 2.21 bits per heavy atom. The van der Waals surface area contributed by atoms with Crippen molar-refractivity contribution in [2.75, 3.05) is 18.0 Å². The molecule has 152 valence electrons. The zero-order chi connectivity index (χ0) is 20.9. The normalized spacial score (nSPS) is 11.1. The van der Waals surface area contributed by atoms with Crippen LogP contribution in [0.2, 0.25) is 5.02 Å². The highest BCUT2D eigenvalue weighted by molar-refractivity contribution is 7.92. The number of halogens is 1. The first-order valence-electron chi connectivity index (χ1n) is 9.08. The molecule has 0 aliphatic carbocycles. The van der Waals surface area contributed by atoms with Crippen LogP contribution in [0.4, 0.5) is 5.69 Å². The largest absolute Gasteiger partial charge is 0.497 e. The molecule has 0 spiro atoms. The lowest BCUT2D eigenvalue weighted by Gasteiger charge is -2.26. The molecule has 0 radical (unpaired) electrons. The maximum absolute atomic E-state index is 13.6. The van der Waals surface area contributed by atoms with Gasteiger partial charge in [-0.25, -0.2) is 8.42 Å². The van der Waals surface area contributed by atoms with Crippen molar-refractivity contribution in [3.63, 3.8) is 0 Å². The Morgan fingerprint density at radius 2 is 1.59 bits per heavy atom. The van der Waals surface area contributed by atoms with Gasteiger partial charge in [0.25, 0.3) is 10.0 Å². The molecule has 0 N–H and O–H groups in total. The van der Waals surface area contributed by atoms with E-state index in [4.69, 9.17) is 21.1 Å². The van der Waals surface area contributed by atoms with Crippen LogP contribution in [0.1, 0.15) is 12.5 Å². The number of rotatable bonds is 8. The molecule has 7 heteroatoms. The van der Waals surface area contributed by atoms with E-state index < -0.39 is 10.0 Å². The van der Waals surface area contributed by atoms with Gasteiger partial charge in [0.2, 0.25) is 0 Å². The number of hydrogen-bond donors (Lipinski definition) is 0. The van der Waals surface area contributed by atoms with E-state index in [0.29, 0.717) is 28.8 Å². The maximum atomic E-state index is 13.6. The highest BCUT2D eigenvalue weighted by Gasteiger charge is 2.27. The highest BCUT2D eigenvalue weighted by atomic mass is 35.5. The minimum absolute atomic E-state index is 0.135. The smallest absolute Gasteiger partial charge is 0.264 e. The topological polar surface area (TPSA) is 55.8 Å². The van der Waals surface area contributed by atoms with Gasteiger partial charge in [-0.2, -0.15) is 0 Å². The minimum atomic E-state index is -3.86.